The van der Waals surface area contributed by atoms with E-state index in [0.717, 1.165) is 18.3 Å². The molecule has 0 bridgehead atoms. The third-order valence-corrected chi connectivity index (χ3v) is 2.77. The molecule has 0 heterocycles. The fraction of sp³-hybridized carbons (Fsp3) is 0.444. The standard InChI is InChI=1S/C18H24O3/c1-6-20-17-12-15(13-19)9-10-16(17)21-18(4,5)11-7-8-14(2)3/h7,9-10,12-13H,6,11H2,1-5H3. The predicted octanol–water partition coefficient (Wildman–Crippen LogP) is 4.57. The molecule has 0 aliphatic heterocycles. The summed E-state index contributed by atoms with van der Waals surface area (Å²) in [5, 5.41) is 0. The molecular formula is C18H24O3. The number of hydrogen-bond donors (Lipinski definition) is 0. The van der Waals surface area contributed by atoms with E-state index in [1.165, 1.54) is 0 Å². The predicted molar refractivity (Wildman–Crippen MR) is 85.3 cm³/mol. The Kier molecular flexibility index (Phi) is 6.26. The summed E-state index contributed by atoms with van der Waals surface area (Å²) in [7, 11) is 0. The van der Waals surface area contributed by atoms with Gasteiger partial charge >= 0.3 is 0 Å². The lowest BCUT2D eigenvalue weighted by Crippen LogP contribution is -2.27. The summed E-state index contributed by atoms with van der Waals surface area (Å²) in [4.78, 5) is 10.9. The quantitative estimate of drug-likeness (QED) is 0.544. The summed E-state index contributed by atoms with van der Waals surface area (Å²) in [6.07, 6.45) is 3.52. The lowest BCUT2D eigenvalue weighted by molar-refractivity contribution is 0.107. The van der Waals surface area contributed by atoms with Crippen molar-refractivity contribution in [1.29, 1.82) is 0 Å². The van der Waals surface area contributed by atoms with E-state index in [2.05, 4.69) is 5.73 Å². The molecular weight excluding hydrogens is 264 g/mol. The van der Waals surface area contributed by atoms with E-state index in [-0.39, 0.29) is 5.60 Å². The van der Waals surface area contributed by atoms with Crippen molar-refractivity contribution >= 4 is 6.29 Å². The van der Waals surface area contributed by atoms with Gasteiger partial charge in [0.05, 0.1) is 6.61 Å². The van der Waals surface area contributed by atoms with Gasteiger partial charge in [-0.1, -0.05) is 0 Å². The second kappa shape index (κ2) is 7.70. The zero-order valence-electron chi connectivity index (χ0n) is 13.5. The van der Waals surface area contributed by atoms with Crippen LogP contribution in [0.4, 0.5) is 0 Å². The number of carbonyl (C=O) groups excluding carboxylic acids is 1. The molecule has 1 aromatic carbocycles. The molecule has 0 unspecified atom stereocenters. The Morgan fingerprint density at radius 1 is 1.29 bits per heavy atom. The van der Waals surface area contributed by atoms with Crippen LogP contribution in [-0.4, -0.2) is 18.5 Å². The lowest BCUT2D eigenvalue weighted by Gasteiger charge is -2.26. The van der Waals surface area contributed by atoms with Crippen LogP contribution in [0.3, 0.4) is 0 Å². The maximum atomic E-state index is 10.9. The van der Waals surface area contributed by atoms with Crippen LogP contribution in [0.2, 0.25) is 0 Å². The summed E-state index contributed by atoms with van der Waals surface area (Å²) >= 11 is 0. The van der Waals surface area contributed by atoms with Gasteiger partial charge in [0.1, 0.15) is 11.9 Å². The van der Waals surface area contributed by atoms with Gasteiger partial charge in [0.25, 0.3) is 0 Å². The number of rotatable bonds is 7. The van der Waals surface area contributed by atoms with E-state index in [9.17, 15) is 4.79 Å². The van der Waals surface area contributed by atoms with Crippen molar-refractivity contribution in [3.8, 4) is 11.5 Å². The Labute approximate surface area is 127 Å². The average Bonchev–Trinajstić information content (AvgIpc) is 2.40. The second-order valence-electron chi connectivity index (χ2n) is 5.67. The third kappa shape index (κ3) is 5.88. The van der Waals surface area contributed by atoms with E-state index in [4.69, 9.17) is 9.47 Å². The van der Waals surface area contributed by atoms with Crippen molar-refractivity contribution in [2.75, 3.05) is 6.61 Å². The Morgan fingerprint density at radius 3 is 2.57 bits per heavy atom. The number of benzene rings is 1. The van der Waals surface area contributed by atoms with Crippen molar-refractivity contribution in [2.45, 2.75) is 46.6 Å². The molecule has 0 saturated carbocycles. The smallest absolute Gasteiger partial charge is 0.162 e. The lowest BCUT2D eigenvalue weighted by atomic mass is 10.0. The zero-order valence-corrected chi connectivity index (χ0v) is 13.5. The number of ether oxygens (including phenoxy) is 2. The normalized spacial score (nSPS) is 10.5. The first-order chi connectivity index (χ1) is 9.88. The molecule has 0 spiro atoms. The van der Waals surface area contributed by atoms with Crippen LogP contribution >= 0.6 is 0 Å². The Hall–Kier alpha value is -1.99. The van der Waals surface area contributed by atoms with Gasteiger partial charge in [-0.25, -0.2) is 0 Å². The van der Waals surface area contributed by atoms with E-state index >= 15 is 0 Å². The molecule has 3 heteroatoms. The summed E-state index contributed by atoms with van der Waals surface area (Å²) < 4.78 is 11.6. The third-order valence-electron chi connectivity index (χ3n) is 2.77. The molecule has 0 atom stereocenters. The minimum Gasteiger partial charge on any atom is -0.490 e. The van der Waals surface area contributed by atoms with E-state index in [1.807, 2.05) is 40.7 Å². The van der Waals surface area contributed by atoms with Gasteiger partial charge in [0.2, 0.25) is 0 Å². The van der Waals surface area contributed by atoms with Crippen LogP contribution in [0.5, 0.6) is 11.5 Å². The van der Waals surface area contributed by atoms with Gasteiger partial charge in [-0.05, 0) is 64.5 Å². The zero-order chi connectivity index (χ0) is 15.9. The molecule has 0 aliphatic carbocycles. The van der Waals surface area contributed by atoms with E-state index in [0.29, 0.717) is 23.7 Å². The van der Waals surface area contributed by atoms with Crippen LogP contribution in [0.1, 0.15) is 51.4 Å². The summed E-state index contributed by atoms with van der Waals surface area (Å²) in [5.41, 5.74) is 4.51. The minimum atomic E-state index is -0.378. The topological polar surface area (TPSA) is 35.5 Å². The first-order valence-corrected chi connectivity index (χ1v) is 7.17. The van der Waals surface area contributed by atoms with Crippen LogP contribution in [-0.2, 0) is 0 Å². The van der Waals surface area contributed by atoms with Crippen LogP contribution in [0.15, 0.2) is 35.6 Å². The van der Waals surface area contributed by atoms with Gasteiger partial charge in [-0.15, -0.1) is 5.73 Å². The van der Waals surface area contributed by atoms with Crippen molar-refractivity contribution in [3.63, 3.8) is 0 Å². The number of aldehydes is 1. The molecule has 0 radical (unpaired) electrons. The van der Waals surface area contributed by atoms with Crippen LogP contribution < -0.4 is 9.47 Å². The van der Waals surface area contributed by atoms with E-state index < -0.39 is 0 Å². The first-order valence-electron chi connectivity index (χ1n) is 7.17. The highest BCUT2D eigenvalue weighted by molar-refractivity contribution is 5.76. The van der Waals surface area contributed by atoms with Crippen molar-refractivity contribution in [1.82, 2.24) is 0 Å². The Morgan fingerprint density at radius 2 is 2.00 bits per heavy atom. The molecule has 0 amide bonds. The number of hydrogen-bond acceptors (Lipinski definition) is 3. The molecule has 1 rings (SSSR count). The molecule has 21 heavy (non-hydrogen) atoms. The van der Waals surface area contributed by atoms with E-state index in [1.54, 1.807) is 18.2 Å². The molecule has 0 saturated heterocycles. The van der Waals surface area contributed by atoms with Crippen molar-refractivity contribution in [3.05, 3.63) is 41.1 Å². The first kappa shape index (κ1) is 17.1. The largest absolute Gasteiger partial charge is 0.490 e. The second-order valence-corrected chi connectivity index (χ2v) is 5.67. The summed E-state index contributed by atoms with van der Waals surface area (Å²) in [6.45, 7) is 10.5. The molecule has 1 aromatic rings. The van der Waals surface area contributed by atoms with Gasteiger partial charge < -0.3 is 9.47 Å². The Balaban J connectivity index is 2.94. The molecule has 0 aliphatic rings. The highest BCUT2D eigenvalue weighted by Crippen LogP contribution is 2.32. The highest BCUT2D eigenvalue weighted by Gasteiger charge is 2.20. The van der Waals surface area contributed by atoms with Crippen LogP contribution in [0.25, 0.3) is 0 Å². The van der Waals surface area contributed by atoms with Gasteiger partial charge in [0, 0.05) is 12.0 Å². The summed E-state index contributed by atoms with van der Waals surface area (Å²) in [5.74, 6) is 1.25. The Bertz CT molecular complexity index is 546. The average molecular weight is 288 g/mol. The molecule has 0 aromatic heterocycles. The van der Waals surface area contributed by atoms with Gasteiger partial charge in [-0.2, -0.15) is 0 Å². The SMILES string of the molecule is CCOc1cc(C=O)ccc1OC(C)(C)CC=C=C(C)C. The number of carbonyl (C=O) groups is 1. The van der Waals surface area contributed by atoms with Crippen LogP contribution in [0, 0.1) is 0 Å². The monoisotopic (exact) mass is 288 g/mol. The van der Waals surface area contributed by atoms with Crippen molar-refractivity contribution in [2.24, 2.45) is 0 Å². The maximum Gasteiger partial charge on any atom is 0.162 e. The van der Waals surface area contributed by atoms with Crippen molar-refractivity contribution < 1.29 is 14.3 Å². The molecule has 0 N–H and O–H groups in total. The minimum absolute atomic E-state index is 0.378. The molecule has 114 valence electrons. The fourth-order valence-corrected chi connectivity index (χ4v) is 1.79. The highest BCUT2D eigenvalue weighted by atomic mass is 16.5. The maximum absolute atomic E-state index is 10.9. The summed E-state index contributed by atoms with van der Waals surface area (Å²) in [6, 6.07) is 5.21. The molecule has 3 nitrogen and oxygen atoms in total. The fourth-order valence-electron chi connectivity index (χ4n) is 1.79. The molecule has 0 fully saturated rings. The van der Waals surface area contributed by atoms with Gasteiger partial charge in [0.15, 0.2) is 11.5 Å². The van der Waals surface area contributed by atoms with Gasteiger partial charge in [-0.3, -0.25) is 4.79 Å².